The molecule has 0 spiro atoms. The van der Waals surface area contributed by atoms with E-state index in [-0.39, 0.29) is 65.5 Å². The van der Waals surface area contributed by atoms with Gasteiger partial charge >= 0.3 is 0 Å². The SMILES string of the molecule is O=C1CCC(N2C(=O)c3cccc(NC(=O)CN=CC4=C(O)CC(c5ccccc5)CC4=O)c3C2=O)C(=O)N1. The van der Waals surface area contributed by atoms with Crippen LogP contribution in [0.2, 0.25) is 0 Å². The Kier molecular flexibility index (Phi) is 6.88. The Labute approximate surface area is 222 Å². The molecule has 2 aliphatic heterocycles. The minimum Gasteiger partial charge on any atom is -0.511 e. The number of allylic oxidation sites excluding steroid dienone is 2. The maximum absolute atomic E-state index is 13.1. The number of nitrogens with one attached hydrogen (secondary N) is 2. The number of ketones is 1. The molecule has 11 nitrogen and oxygen atoms in total. The Hall–Kier alpha value is -4.93. The predicted molar refractivity (Wildman–Crippen MR) is 138 cm³/mol. The first-order valence-electron chi connectivity index (χ1n) is 12.4. The van der Waals surface area contributed by atoms with Gasteiger partial charge in [-0.3, -0.25) is 44.0 Å². The van der Waals surface area contributed by atoms with Crippen molar-refractivity contribution in [2.24, 2.45) is 4.99 Å². The molecule has 1 saturated heterocycles. The standard InChI is InChI=1S/C28H24N4O7/c33-21-11-16(15-5-2-1-3-6-15)12-22(34)18(21)13-29-14-24(36)30-19-8-4-7-17-25(19)28(39)32(27(17)38)20-9-10-23(35)31-26(20)37/h1-8,13,16,20,33H,9-12,14H2,(H,30,36)(H,31,35,37). The van der Waals surface area contributed by atoms with Gasteiger partial charge in [0.05, 0.1) is 22.4 Å². The van der Waals surface area contributed by atoms with Gasteiger partial charge in [-0.15, -0.1) is 0 Å². The van der Waals surface area contributed by atoms with E-state index >= 15 is 0 Å². The van der Waals surface area contributed by atoms with E-state index in [1.807, 2.05) is 30.3 Å². The number of aliphatic hydroxyl groups is 1. The van der Waals surface area contributed by atoms with Crippen LogP contribution in [0.4, 0.5) is 5.69 Å². The van der Waals surface area contributed by atoms with Crippen molar-refractivity contribution in [1.29, 1.82) is 0 Å². The van der Waals surface area contributed by atoms with Gasteiger partial charge in [-0.05, 0) is 30.0 Å². The first-order valence-corrected chi connectivity index (χ1v) is 12.4. The Bertz CT molecular complexity index is 1480. The quantitative estimate of drug-likeness (QED) is 0.382. The second kappa shape index (κ2) is 10.4. The summed E-state index contributed by atoms with van der Waals surface area (Å²) < 4.78 is 0. The van der Waals surface area contributed by atoms with Crippen LogP contribution in [-0.4, -0.2) is 64.1 Å². The number of carbonyl (C=O) groups excluding carboxylic acids is 6. The number of nitrogens with zero attached hydrogens (tertiary/aromatic N) is 2. The third kappa shape index (κ3) is 4.98. The molecule has 2 aromatic rings. The minimum absolute atomic E-state index is 0.00713. The highest BCUT2D eigenvalue weighted by atomic mass is 16.3. The summed E-state index contributed by atoms with van der Waals surface area (Å²) in [6.45, 7) is -0.408. The average molecular weight is 529 g/mol. The van der Waals surface area contributed by atoms with Crippen LogP contribution in [0.1, 0.15) is 57.9 Å². The number of hydrogen-bond donors (Lipinski definition) is 3. The molecule has 3 N–H and O–H groups in total. The van der Waals surface area contributed by atoms with Crippen molar-refractivity contribution in [2.75, 3.05) is 11.9 Å². The van der Waals surface area contributed by atoms with Crippen LogP contribution in [0.3, 0.4) is 0 Å². The maximum Gasteiger partial charge on any atom is 0.264 e. The van der Waals surface area contributed by atoms with Crippen molar-refractivity contribution in [3.05, 3.63) is 76.6 Å². The fourth-order valence-corrected chi connectivity index (χ4v) is 5.05. The summed E-state index contributed by atoms with van der Waals surface area (Å²) in [7, 11) is 0. The van der Waals surface area contributed by atoms with Gasteiger partial charge in [-0.25, -0.2) is 0 Å². The fraction of sp³-hybridized carbons (Fsp3) is 0.250. The second-order valence-electron chi connectivity index (χ2n) is 9.49. The van der Waals surface area contributed by atoms with Crippen molar-refractivity contribution in [1.82, 2.24) is 10.2 Å². The lowest BCUT2D eigenvalue weighted by atomic mass is 9.83. The van der Waals surface area contributed by atoms with Gasteiger partial charge in [-0.2, -0.15) is 0 Å². The molecule has 5 rings (SSSR count). The van der Waals surface area contributed by atoms with Gasteiger partial charge in [0.25, 0.3) is 11.8 Å². The summed E-state index contributed by atoms with van der Waals surface area (Å²) in [6, 6.07) is 12.6. The number of hydrogen-bond acceptors (Lipinski definition) is 8. The third-order valence-electron chi connectivity index (χ3n) is 6.95. The molecule has 0 bridgehead atoms. The molecule has 1 fully saturated rings. The number of carbonyl (C=O) groups is 6. The summed E-state index contributed by atoms with van der Waals surface area (Å²) in [5.41, 5.74) is 1.05. The van der Waals surface area contributed by atoms with Crippen LogP contribution in [0.5, 0.6) is 0 Å². The normalized spacial score (nSPS) is 21.4. The van der Waals surface area contributed by atoms with Crippen LogP contribution in [0.25, 0.3) is 0 Å². The molecule has 5 amide bonds. The van der Waals surface area contributed by atoms with Gasteiger partial charge in [0.1, 0.15) is 18.3 Å². The van der Waals surface area contributed by atoms with Crippen LogP contribution >= 0.6 is 0 Å². The van der Waals surface area contributed by atoms with E-state index in [0.29, 0.717) is 0 Å². The van der Waals surface area contributed by atoms with Crippen molar-refractivity contribution in [2.45, 2.75) is 37.6 Å². The summed E-state index contributed by atoms with van der Waals surface area (Å²) in [5, 5.41) is 15.1. The van der Waals surface area contributed by atoms with Gasteiger partial charge in [0.2, 0.25) is 17.7 Å². The highest BCUT2D eigenvalue weighted by Crippen LogP contribution is 2.34. The molecule has 0 radical (unpaired) electrons. The molecule has 2 heterocycles. The first kappa shape index (κ1) is 25.7. The van der Waals surface area contributed by atoms with Gasteiger partial charge < -0.3 is 10.4 Å². The molecule has 1 aliphatic carbocycles. The van der Waals surface area contributed by atoms with Gasteiger partial charge in [-0.1, -0.05) is 36.4 Å². The van der Waals surface area contributed by atoms with E-state index in [9.17, 15) is 33.9 Å². The molecular weight excluding hydrogens is 504 g/mol. The summed E-state index contributed by atoms with van der Waals surface area (Å²) in [6.07, 6.45) is 1.66. The van der Waals surface area contributed by atoms with Gasteiger partial charge in [0, 0.05) is 25.5 Å². The topological polar surface area (TPSA) is 162 Å². The molecule has 2 unspecified atom stereocenters. The number of imide groups is 2. The molecular formula is C28H24N4O7. The Balaban J connectivity index is 1.26. The zero-order valence-corrected chi connectivity index (χ0v) is 20.7. The van der Waals surface area contributed by atoms with E-state index in [1.54, 1.807) is 0 Å². The highest BCUT2D eigenvalue weighted by Gasteiger charge is 2.45. The number of fused-ring (bicyclic) bond motifs is 1. The minimum atomic E-state index is -1.13. The average Bonchev–Trinajstić information content (AvgIpc) is 3.16. The predicted octanol–water partition coefficient (Wildman–Crippen LogP) is 2.06. The summed E-state index contributed by atoms with van der Waals surface area (Å²) in [4.78, 5) is 79.9. The molecule has 2 aromatic carbocycles. The first-order chi connectivity index (χ1) is 18.7. The van der Waals surface area contributed by atoms with E-state index in [4.69, 9.17) is 0 Å². The number of anilines is 1. The number of rotatable bonds is 6. The van der Waals surface area contributed by atoms with Crippen LogP contribution in [0.15, 0.2) is 64.9 Å². The van der Waals surface area contributed by atoms with E-state index in [1.165, 1.54) is 24.4 Å². The smallest absolute Gasteiger partial charge is 0.264 e. The Morgan fingerprint density at radius 2 is 1.79 bits per heavy atom. The number of Topliss-reactive ketones (excluding diaryl/α,β-unsaturated/α-hetero) is 1. The van der Waals surface area contributed by atoms with E-state index in [0.717, 1.165) is 10.5 Å². The monoisotopic (exact) mass is 528 g/mol. The molecule has 3 aliphatic rings. The molecule has 0 saturated carbocycles. The van der Waals surface area contributed by atoms with Crippen LogP contribution < -0.4 is 10.6 Å². The number of benzene rings is 2. The van der Waals surface area contributed by atoms with Crippen LogP contribution in [-0.2, 0) is 19.2 Å². The number of aliphatic hydroxyl groups excluding tert-OH is 1. The highest BCUT2D eigenvalue weighted by molar-refractivity contribution is 6.26. The Morgan fingerprint density at radius 3 is 2.51 bits per heavy atom. The van der Waals surface area contributed by atoms with E-state index in [2.05, 4.69) is 15.6 Å². The zero-order chi connectivity index (χ0) is 27.7. The zero-order valence-electron chi connectivity index (χ0n) is 20.7. The fourth-order valence-electron chi connectivity index (χ4n) is 5.05. The lowest BCUT2D eigenvalue weighted by molar-refractivity contribution is -0.136. The molecule has 39 heavy (non-hydrogen) atoms. The summed E-state index contributed by atoms with van der Waals surface area (Å²) in [5.74, 6) is -3.78. The molecule has 0 aromatic heterocycles. The van der Waals surface area contributed by atoms with Crippen molar-refractivity contribution in [3.8, 4) is 0 Å². The molecule has 2 atom stereocenters. The maximum atomic E-state index is 13.1. The second-order valence-corrected chi connectivity index (χ2v) is 9.49. The third-order valence-corrected chi connectivity index (χ3v) is 6.95. The lowest BCUT2D eigenvalue weighted by Crippen LogP contribution is -2.54. The summed E-state index contributed by atoms with van der Waals surface area (Å²) >= 11 is 0. The molecule has 198 valence electrons. The van der Waals surface area contributed by atoms with Crippen molar-refractivity contribution < 1.29 is 33.9 Å². The number of aliphatic imine (C=N–C) groups is 1. The number of amides is 5. The molecule has 11 heteroatoms. The van der Waals surface area contributed by atoms with Crippen LogP contribution in [0, 0.1) is 0 Å². The lowest BCUT2D eigenvalue weighted by Gasteiger charge is -2.27. The van der Waals surface area contributed by atoms with Crippen molar-refractivity contribution >= 4 is 47.2 Å². The van der Waals surface area contributed by atoms with Crippen molar-refractivity contribution in [3.63, 3.8) is 0 Å². The van der Waals surface area contributed by atoms with E-state index < -0.39 is 42.1 Å². The largest absolute Gasteiger partial charge is 0.511 e. The number of piperidine rings is 1. The van der Waals surface area contributed by atoms with Gasteiger partial charge in [0.15, 0.2) is 5.78 Å². The Morgan fingerprint density at radius 1 is 1.03 bits per heavy atom.